The second-order valence-corrected chi connectivity index (χ2v) is 2.68. The molecule has 0 bridgehead atoms. The van der Waals surface area contributed by atoms with Crippen molar-refractivity contribution in [2.75, 3.05) is 0 Å². The molecule has 0 aliphatic heterocycles. The van der Waals surface area contributed by atoms with Crippen LogP contribution in [0.2, 0.25) is 0 Å². The summed E-state index contributed by atoms with van der Waals surface area (Å²) in [6, 6.07) is 0. The van der Waals surface area contributed by atoms with Crippen molar-refractivity contribution in [2.45, 2.75) is 19.1 Å². The van der Waals surface area contributed by atoms with E-state index in [9.17, 15) is 22.4 Å². The average molecular weight is 226 g/mol. The van der Waals surface area contributed by atoms with Gasteiger partial charge in [0.15, 0.2) is 17.7 Å². The minimum atomic E-state index is -3.26. The fraction of sp³-hybridized carbons (Fsp3) is 0.429. The Balaban J connectivity index is 2.91. The maximum absolute atomic E-state index is 12.7. The molecular weight excluding hydrogens is 220 g/mol. The van der Waals surface area contributed by atoms with Gasteiger partial charge in [-0.25, -0.2) is 22.4 Å². The van der Waals surface area contributed by atoms with Gasteiger partial charge in [-0.05, 0) is 0 Å². The molecule has 4 nitrogen and oxygen atoms in total. The number of halogens is 4. The predicted octanol–water partition coefficient (Wildman–Crippen LogP) is 1.32. The first-order chi connectivity index (χ1) is 6.93. The number of rotatable bonds is 4. The minimum absolute atomic E-state index is 0.356. The van der Waals surface area contributed by atoms with Gasteiger partial charge in [-0.2, -0.15) is 5.10 Å². The zero-order valence-corrected chi connectivity index (χ0v) is 7.20. The molecule has 0 saturated carbocycles. The fourth-order valence-corrected chi connectivity index (χ4v) is 0.958. The molecule has 1 N–H and O–H groups in total. The molecule has 0 aromatic carbocycles. The average Bonchev–Trinajstić information content (AvgIpc) is 2.46. The van der Waals surface area contributed by atoms with Crippen LogP contribution in [0.1, 0.15) is 10.5 Å². The van der Waals surface area contributed by atoms with Gasteiger partial charge in [0.1, 0.15) is 0 Å². The molecule has 0 spiro atoms. The zero-order chi connectivity index (χ0) is 11.6. The molecule has 84 valence electrons. The monoisotopic (exact) mass is 226 g/mol. The summed E-state index contributed by atoms with van der Waals surface area (Å²) in [6.07, 6.45) is -5.32. The highest BCUT2D eigenvalue weighted by molar-refractivity contribution is 5.85. The molecule has 0 radical (unpaired) electrons. The van der Waals surface area contributed by atoms with E-state index in [2.05, 4.69) is 5.10 Å². The van der Waals surface area contributed by atoms with E-state index in [-0.39, 0.29) is 0 Å². The molecule has 1 rings (SSSR count). The molecule has 1 atom stereocenters. The largest absolute Gasteiger partial charge is 0.476 e. The highest BCUT2D eigenvalue weighted by atomic mass is 19.3. The van der Waals surface area contributed by atoms with Crippen molar-refractivity contribution in [3.8, 4) is 0 Å². The van der Waals surface area contributed by atoms with E-state index in [0.717, 1.165) is 0 Å². The first-order valence-electron chi connectivity index (χ1n) is 3.80. The van der Waals surface area contributed by atoms with E-state index in [1.54, 1.807) is 0 Å². The maximum atomic E-state index is 12.7. The maximum Gasteiger partial charge on any atom is 0.357 e. The number of aromatic carboxylic acids is 1. The lowest BCUT2D eigenvalue weighted by molar-refractivity contribution is 0.0370. The summed E-state index contributed by atoms with van der Waals surface area (Å²) < 4.78 is 49.2. The molecule has 0 amide bonds. The van der Waals surface area contributed by atoms with Crippen molar-refractivity contribution in [3.63, 3.8) is 0 Å². The Bertz CT molecular complexity index is 366. The van der Waals surface area contributed by atoms with Crippen molar-refractivity contribution in [1.29, 1.82) is 0 Å². The van der Waals surface area contributed by atoms with E-state index in [1.807, 2.05) is 0 Å². The van der Waals surface area contributed by atoms with Crippen LogP contribution in [0.3, 0.4) is 0 Å². The molecular formula is C7H6F4N2O2. The Morgan fingerprint density at radius 1 is 1.53 bits per heavy atom. The van der Waals surface area contributed by atoms with E-state index in [0.29, 0.717) is 10.9 Å². The standard InChI is InChI=1S/C7H6F4N2O2/c8-3-1-12-13(5(3)7(14)15)2-4(9)6(10)11/h1,4,6H,2H2,(H,14,15). The second kappa shape index (κ2) is 4.28. The van der Waals surface area contributed by atoms with Gasteiger partial charge in [0.25, 0.3) is 6.43 Å². The minimum Gasteiger partial charge on any atom is -0.476 e. The Hall–Kier alpha value is -1.60. The van der Waals surface area contributed by atoms with Crippen LogP contribution in [0.5, 0.6) is 0 Å². The summed E-state index contributed by atoms with van der Waals surface area (Å²) >= 11 is 0. The van der Waals surface area contributed by atoms with Crippen molar-refractivity contribution < 1.29 is 27.5 Å². The van der Waals surface area contributed by atoms with E-state index < -0.39 is 36.6 Å². The molecule has 1 unspecified atom stereocenters. The molecule has 0 fully saturated rings. The molecule has 1 aromatic heterocycles. The Morgan fingerprint density at radius 3 is 2.60 bits per heavy atom. The van der Waals surface area contributed by atoms with Crippen LogP contribution in [-0.4, -0.2) is 33.5 Å². The van der Waals surface area contributed by atoms with Gasteiger partial charge in [-0.15, -0.1) is 0 Å². The Kier molecular flexibility index (Phi) is 3.28. The number of hydrogen-bond donors (Lipinski definition) is 1. The third kappa shape index (κ3) is 2.45. The normalized spacial score (nSPS) is 13.1. The van der Waals surface area contributed by atoms with Crippen LogP contribution in [0.15, 0.2) is 6.20 Å². The topological polar surface area (TPSA) is 55.1 Å². The highest BCUT2D eigenvalue weighted by Gasteiger charge is 2.25. The molecule has 8 heteroatoms. The van der Waals surface area contributed by atoms with Crippen LogP contribution in [-0.2, 0) is 6.54 Å². The Morgan fingerprint density at radius 2 is 2.13 bits per heavy atom. The summed E-state index contributed by atoms with van der Waals surface area (Å²) in [5.41, 5.74) is -0.932. The number of carboxylic acid groups (broad SMARTS) is 1. The lowest BCUT2D eigenvalue weighted by atomic mass is 10.3. The van der Waals surface area contributed by atoms with Crippen LogP contribution in [0.25, 0.3) is 0 Å². The number of hydrogen-bond acceptors (Lipinski definition) is 2. The molecule has 0 aliphatic rings. The van der Waals surface area contributed by atoms with Crippen molar-refractivity contribution in [3.05, 3.63) is 17.7 Å². The number of carbonyl (C=O) groups is 1. The van der Waals surface area contributed by atoms with Crippen LogP contribution >= 0.6 is 0 Å². The van der Waals surface area contributed by atoms with E-state index >= 15 is 0 Å². The zero-order valence-electron chi connectivity index (χ0n) is 7.20. The summed E-state index contributed by atoms with van der Waals surface area (Å²) in [5.74, 6) is -2.88. The molecule has 1 heterocycles. The predicted molar refractivity (Wildman–Crippen MR) is 40.0 cm³/mol. The van der Waals surface area contributed by atoms with Gasteiger partial charge >= 0.3 is 5.97 Å². The SMILES string of the molecule is O=C(O)c1c(F)cnn1CC(F)C(F)F. The summed E-state index contributed by atoms with van der Waals surface area (Å²) in [7, 11) is 0. The summed E-state index contributed by atoms with van der Waals surface area (Å²) in [6.45, 7) is -0.997. The van der Waals surface area contributed by atoms with Gasteiger partial charge < -0.3 is 5.11 Å². The van der Waals surface area contributed by atoms with Crippen LogP contribution < -0.4 is 0 Å². The number of carboxylic acids is 1. The third-order valence-corrected chi connectivity index (χ3v) is 1.62. The highest BCUT2D eigenvalue weighted by Crippen LogP contribution is 2.12. The number of alkyl halides is 3. The van der Waals surface area contributed by atoms with Crippen LogP contribution in [0, 0.1) is 5.82 Å². The van der Waals surface area contributed by atoms with Gasteiger partial charge in [-0.1, -0.05) is 0 Å². The van der Waals surface area contributed by atoms with E-state index in [4.69, 9.17) is 5.11 Å². The van der Waals surface area contributed by atoms with Crippen molar-refractivity contribution >= 4 is 5.97 Å². The smallest absolute Gasteiger partial charge is 0.357 e. The lowest BCUT2D eigenvalue weighted by Crippen LogP contribution is -2.23. The third-order valence-electron chi connectivity index (χ3n) is 1.62. The van der Waals surface area contributed by atoms with Gasteiger partial charge in [0, 0.05) is 0 Å². The Labute approximate surface area is 81.1 Å². The van der Waals surface area contributed by atoms with Gasteiger partial charge in [-0.3, -0.25) is 4.68 Å². The van der Waals surface area contributed by atoms with Crippen LogP contribution in [0.4, 0.5) is 17.6 Å². The first-order valence-corrected chi connectivity index (χ1v) is 3.80. The first kappa shape index (κ1) is 11.5. The van der Waals surface area contributed by atoms with Gasteiger partial charge in [0.05, 0.1) is 12.7 Å². The quantitative estimate of drug-likeness (QED) is 0.788. The molecule has 15 heavy (non-hydrogen) atoms. The summed E-state index contributed by atoms with van der Waals surface area (Å²) in [5, 5.41) is 11.6. The number of aromatic nitrogens is 2. The summed E-state index contributed by atoms with van der Waals surface area (Å²) in [4.78, 5) is 10.4. The van der Waals surface area contributed by atoms with Crippen molar-refractivity contribution in [2.24, 2.45) is 0 Å². The molecule has 0 saturated heterocycles. The lowest BCUT2D eigenvalue weighted by Gasteiger charge is -2.08. The van der Waals surface area contributed by atoms with Gasteiger partial charge in [0.2, 0.25) is 0 Å². The van der Waals surface area contributed by atoms with E-state index in [1.165, 1.54) is 0 Å². The number of nitrogens with zero attached hydrogens (tertiary/aromatic N) is 2. The second-order valence-electron chi connectivity index (χ2n) is 2.68. The molecule has 0 aliphatic carbocycles. The fourth-order valence-electron chi connectivity index (χ4n) is 0.958. The molecule has 1 aromatic rings. The van der Waals surface area contributed by atoms with Crippen molar-refractivity contribution in [1.82, 2.24) is 9.78 Å².